The van der Waals surface area contributed by atoms with Gasteiger partial charge in [-0.2, -0.15) is 4.39 Å². The Hall–Kier alpha value is -0.890. The van der Waals surface area contributed by atoms with Crippen molar-refractivity contribution < 1.29 is 4.39 Å². The quantitative estimate of drug-likeness (QED) is 0.580. The minimum Gasteiger partial charge on any atom is -0.195 e. The molecule has 62 valence electrons. The first kappa shape index (κ1) is 7.74. The fourth-order valence-electron chi connectivity index (χ4n) is 1.46. The monoisotopic (exact) mass is 180 g/mol. The van der Waals surface area contributed by atoms with E-state index in [4.69, 9.17) is 0 Å². The van der Waals surface area contributed by atoms with Gasteiger partial charge >= 0.3 is 0 Å². The SMILES string of the molecule is Cc1cc(C)c2cc(F)sc2c1. The molecular weight excluding hydrogens is 171 g/mol. The molecule has 2 heteroatoms. The van der Waals surface area contributed by atoms with Crippen molar-refractivity contribution in [1.29, 1.82) is 0 Å². The second kappa shape index (κ2) is 2.56. The van der Waals surface area contributed by atoms with E-state index in [0.29, 0.717) is 0 Å². The smallest absolute Gasteiger partial charge is 0.177 e. The molecule has 0 bridgehead atoms. The maximum Gasteiger partial charge on any atom is 0.177 e. The van der Waals surface area contributed by atoms with E-state index in [1.54, 1.807) is 6.07 Å². The molecule has 1 heterocycles. The first-order valence-corrected chi connectivity index (χ1v) is 4.65. The Morgan fingerprint density at radius 3 is 2.67 bits per heavy atom. The summed E-state index contributed by atoms with van der Waals surface area (Å²) < 4.78 is 13.9. The molecule has 2 rings (SSSR count). The first-order chi connectivity index (χ1) is 5.66. The summed E-state index contributed by atoms with van der Waals surface area (Å²) in [6.07, 6.45) is 0. The molecule has 1 aromatic carbocycles. The molecule has 0 nitrogen and oxygen atoms in total. The van der Waals surface area contributed by atoms with Gasteiger partial charge in [-0.15, -0.1) is 11.3 Å². The van der Waals surface area contributed by atoms with Crippen molar-refractivity contribution >= 4 is 21.4 Å². The van der Waals surface area contributed by atoms with Gasteiger partial charge in [0.1, 0.15) is 0 Å². The Balaban J connectivity index is 2.88. The summed E-state index contributed by atoms with van der Waals surface area (Å²) >= 11 is 1.21. The normalized spacial score (nSPS) is 10.9. The Labute approximate surface area is 74.6 Å². The minimum atomic E-state index is -0.0984. The fourth-order valence-corrected chi connectivity index (χ4v) is 2.42. The van der Waals surface area contributed by atoms with Gasteiger partial charge in [-0.1, -0.05) is 6.07 Å². The summed E-state index contributed by atoms with van der Waals surface area (Å²) in [6, 6.07) is 5.71. The summed E-state index contributed by atoms with van der Waals surface area (Å²) in [7, 11) is 0. The van der Waals surface area contributed by atoms with Gasteiger partial charge < -0.3 is 0 Å². The van der Waals surface area contributed by atoms with Crippen molar-refractivity contribution in [3.8, 4) is 0 Å². The highest BCUT2D eigenvalue weighted by Gasteiger charge is 2.03. The van der Waals surface area contributed by atoms with Gasteiger partial charge in [-0.05, 0) is 42.5 Å². The lowest BCUT2D eigenvalue weighted by Crippen LogP contribution is -1.75. The van der Waals surface area contributed by atoms with Crippen LogP contribution in [-0.4, -0.2) is 0 Å². The molecule has 0 aliphatic heterocycles. The molecular formula is C10H9FS. The number of halogens is 1. The van der Waals surface area contributed by atoms with Crippen molar-refractivity contribution in [2.45, 2.75) is 13.8 Å². The average molecular weight is 180 g/mol. The second-order valence-corrected chi connectivity index (χ2v) is 4.08. The summed E-state index contributed by atoms with van der Waals surface area (Å²) in [6.45, 7) is 4.05. The van der Waals surface area contributed by atoms with Crippen LogP contribution in [0, 0.1) is 19.0 Å². The van der Waals surface area contributed by atoms with E-state index in [1.807, 2.05) is 19.9 Å². The lowest BCUT2D eigenvalue weighted by atomic mass is 10.1. The zero-order valence-corrected chi connectivity index (χ0v) is 7.83. The van der Waals surface area contributed by atoms with Crippen LogP contribution in [0.1, 0.15) is 11.1 Å². The molecule has 0 unspecified atom stereocenters. The van der Waals surface area contributed by atoms with E-state index in [1.165, 1.54) is 16.9 Å². The largest absolute Gasteiger partial charge is 0.195 e. The molecule has 0 fully saturated rings. The van der Waals surface area contributed by atoms with Crippen LogP contribution in [0.25, 0.3) is 10.1 Å². The summed E-state index contributed by atoms with van der Waals surface area (Å²) in [5.74, 6) is 0. The third-order valence-electron chi connectivity index (χ3n) is 1.96. The first-order valence-electron chi connectivity index (χ1n) is 3.83. The van der Waals surface area contributed by atoms with Crippen LogP contribution in [0.5, 0.6) is 0 Å². The highest BCUT2D eigenvalue weighted by Crippen LogP contribution is 2.27. The molecule has 0 amide bonds. The molecule has 12 heavy (non-hydrogen) atoms. The fraction of sp³-hybridized carbons (Fsp3) is 0.200. The number of fused-ring (bicyclic) bond motifs is 1. The van der Waals surface area contributed by atoms with Crippen molar-refractivity contribution in [1.82, 2.24) is 0 Å². The lowest BCUT2D eigenvalue weighted by molar-refractivity contribution is 0.658. The van der Waals surface area contributed by atoms with Crippen molar-refractivity contribution in [3.63, 3.8) is 0 Å². The molecule has 0 aliphatic carbocycles. The molecule has 0 spiro atoms. The number of benzene rings is 1. The van der Waals surface area contributed by atoms with E-state index in [0.717, 1.165) is 15.6 Å². The van der Waals surface area contributed by atoms with E-state index < -0.39 is 0 Å². The third kappa shape index (κ3) is 1.12. The molecule has 0 saturated carbocycles. The zero-order chi connectivity index (χ0) is 8.72. The Morgan fingerprint density at radius 2 is 1.92 bits per heavy atom. The zero-order valence-electron chi connectivity index (χ0n) is 7.02. The molecule has 1 aromatic heterocycles. The van der Waals surface area contributed by atoms with Crippen molar-refractivity contribution in [2.24, 2.45) is 0 Å². The lowest BCUT2D eigenvalue weighted by Gasteiger charge is -1.96. The average Bonchev–Trinajstić information content (AvgIpc) is 2.29. The van der Waals surface area contributed by atoms with Crippen LogP contribution in [0.15, 0.2) is 18.2 Å². The highest BCUT2D eigenvalue weighted by atomic mass is 32.1. The maximum atomic E-state index is 12.9. The third-order valence-corrected chi connectivity index (χ3v) is 2.83. The van der Waals surface area contributed by atoms with Gasteiger partial charge in [0.15, 0.2) is 5.13 Å². The van der Waals surface area contributed by atoms with E-state index in [9.17, 15) is 4.39 Å². The Bertz CT molecular complexity index is 429. The van der Waals surface area contributed by atoms with Crippen LogP contribution in [0.2, 0.25) is 0 Å². The summed E-state index contributed by atoms with van der Waals surface area (Å²) in [4.78, 5) is 0. The van der Waals surface area contributed by atoms with E-state index in [-0.39, 0.29) is 5.13 Å². The molecule has 0 saturated heterocycles. The Kier molecular flexibility index (Phi) is 1.65. The number of thiophene rings is 1. The van der Waals surface area contributed by atoms with Gasteiger partial charge in [0.05, 0.1) is 0 Å². The van der Waals surface area contributed by atoms with Gasteiger partial charge in [-0.3, -0.25) is 0 Å². The molecule has 2 aromatic rings. The maximum absolute atomic E-state index is 12.9. The van der Waals surface area contributed by atoms with E-state index >= 15 is 0 Å². The number of hydrogen-bond acceptors (Lipinski definition) is 1. The van der Waals surface area contributed by atoms with E-state index in [2.05, 4.69) is 6.07 Å². The standard InChI is InChI=1S/C10H9FS/c1-6-3-7(2)8-5-10(11)12-9(8)4-6/h3-5H,1-2H3. The summed E-state index contributed by atoms with van der Waals surface area (Å²) in [5, 5.41) is 0.946. The van der Waals surface area contributed by atoms with Gasteiger partial charge in [0, 0.05) is 4.70 Å². The predicted molar refractivity (Wildman–Crippen MR) is 51.3 cm³/mol. The molecule has 0 atom stereocenters. The minimum absolute atomic E-state index is 0.0984. The highest BCUT2D eigenvalue weighted by molar-refractivity contribution is 7.17. The Morgan fingerprint density at radius 1 is 1.17 bits per heavy atom. The van der Waals surface area contributed by atoms with Crippen LogP contribution in [0.3, 0.4) is 0 Å². The van der Waals surface area contributed by atoms with Gasteiger partial charge in [-0.25, -0.2) is 0 Å². The van der Waals surface area contributed by atoms with Gasteiger partial charge in [0.2, 0.25) is 0 Å². The van der Waals surface area contributed by atoms with Gasteiger partial charge in [0.25, 0.3) is 0 Å². The number of aryl methyl sites for hydroxylation is 2. The molecule has 0 aliphatic rings. The van der Waals surface area contributed by atoms with Crippen LogP contribution < -0.4 is 0 Å². The second-order valence-electron chi connectivity index (χ2n) is 3.04. The molecule has 0 radical (unpaired) electrons. The number of rotatable bonds is 0. The van der Waals surface area contributed by atoms with Crippen LogP contribution in [0.4, 0.5) is 4.39 Å². The summed E-state index contributed by atoms with van der Waals surface area (Å²) in [5.41, 5.74) is 2.35. The van der Waals surface area contributed by atoms with Crippen LogP contribution >= 0.6 is 11.3 Å². The predicted octanol–water partition coefficient (Wildman–Crippen LogP) is 3.66. The topological polar surface area (TPSA) is 0 Å². The number of hydrogen-bond donors (Lipinski definition) is 0. The van der Waals surface area contributed by atoms with Crippen molar-refractivity contribution in [2.75, 3.05) is 0 Å². The van der Waals surface area contributed by atoms with Crippen LogP contribution in [-0.2, 0) is 0 Å². The molecule has 0 N–H and O–H groups in total. The van der Waals surface area contributed by atoms with Crippen molar-refractivity contribution in [3.05, 3.63) is 34.5 Å².